The summed E-state index contributed by atoms with van der Waals surface area (Å²) in [7, 11) is 1.71. The van der Waals surface area contributed by atoms with Crippen LogP contribution in [-0.4, -0.2) is 37.1 Å². The highest BCUT2D eigenvalue weighted by molar-refractivity contribution is 5.68. The lowest BCUT2D eigenvalue weighted by molar-refractivity contribution is 0.0399. The molecule has 0 aliphatic heterocycles. The number of fused-ring (bicyclic) bond motifs is 1. The van der Waals surface area contributed by atoms with Crippen LogP contribution >= 0.6 is 0 Å². The summed E-state index contributed by atoms with van der Waals surface area (Å²) < 4.78 is 24.8. The first-order valence-corrected chi connectivity index (χ1v) is 7.45. The van der Waals surface area contributed by atoms with Crippen LogP contribution in [0.25, 0.3) is 0 Å². The van der Waals surface area contributed by atoms with Gasteiger partial charge in [0.25, 0.3) is 0 Å². The zero-order valence-electron chi connectivity index (χ0n) is 12.8. The molecule has 5 heteroatoms. The van der Waals surface area contributed by atoms with E-state index in [2.05, 4.69) is 5.32 Å². The molecule has 2 rings (SSSR count). The average Bonchev–Trinajstić information content (AvgIpc) is 2.69. The molecule has 2 aliphatic rings. The molecule has 20 heavy (non-hydrogen) atoms. The molecule has 0 aromatic heterocycles. The fourth-order valence-corrected chi connectivity index (χ4v) is 3.46. The fraction of sp³-hybridized carbons (Fsp3) is 0.933. The van der Waals surface area contributed by atoms with Crippen LogP contribution in [0.4, 0.5) is 9.18 Å². The lowest BCUT2D eigenvalue weighted by Crippen LogP contribution is -2.48. The van der Waals surface area contributed by atoms with Gasteiger partial charge in [0.1, 0.15) is 11.8 Å². The first kappa shape index (κ1) is 15.5. The molecule has 1 amide bonds. The van der Waals surface area contributed by atoms with Crippen molar-refractivity contribution < 1.29 is 18.7 Å². The summed E-state index contributed by atoms with van der Waals surface area (Å²) in [4.78, 5) is 11.8. The van der Waals surface area contributed by atoms with E-state index in [9.17, 15) is 9.18 Å². The minimum Gasteiger partial charge on any atom is -0.444 e. The maximum Gasteiger partial charge on any atom is 0.407 e. The van der Waals surface area contributed by atoms with Crippen molar-refractivity contribution in [3.8, 4) is 0 Å². The molecule has 0 bridgehead atoms. The standard InChI is InChI=1S/C15H26FNO3/c1-15(2,3)20-14(18)17-13-8-10-6-11(19-4)5-9(10)7-12(13)16/h9-13H,5-8H2,1-4H3,(H,17,18)/t9?,10-,11+,12-,13+/m1/s1. The van der Waals surface area contributed by atoms with Crippen LogP contribution in [0.1, 0.15) is 46.5 Å². The van der Waals surface area contributed by atoms with Crippen LogP contribution in [0, 0.1) is 11.8 Å². The molecular weight excluding hydrogens is 261 g/mol. The molecule has 0 aromatic rings. The van der Waals surface area contributed by atoms with Crippen molar-refractivity contribution in [1.29, 1.82) is 0 Å². The van der Waals surface area contributed by atoms with Crippen molar-refractivity contribution in [2.24, 2.45) is 11.8 Å². The minimum absolute atomic E-state index is 0.248. The van der Waals surface area contributed by atoms with Crippen molar-refractivity contribution in [2.75, 3.05) is 7.11 Å². The number of carbonyl (C=O) groups is 1. The van der Waals surface area contributed by atoms with Crippen molar-refractivity contribution in [3.63, 3.8) is 0 Å². The molecule has 5 atom stereocenters. The summed E-state index contributed by atoms with van der Waals surface area (Å²) in [5, 5.41) is 2.69. The van der Waals surface area contributed by atoms with Gasteiger partial charge in [-0.25, -0.2) is 9.18 Å². The number of alkyl halides is 1. The Morgan fingerprint density at radius 3 is 2.30 bits per heavy atom. The highest BCUT2D eigenvalue weighted by Crippen LogP contribution is 2.44. The quantitative estimate of drug-likeness (QED) is 0.849. The van der Waals surface area contributed by atoms with E-state index in [-0.39, 0.29) is 6.10 Å². The Kier molecular flexibility index (Phi) is 4.57. The molecule has 116 valence electrons. The van der Waals surface area contributed by atoms with Gasteiger partial charge in [-0.3, -0.25) is 0 Å². The number of alkyl carbamates (subject to hydrolysis) is 1. The third-order valence-electron chi connectivity index (χ3n) is 4.35. The zero-order valence-corrected chi connectivity index (χ0v) is 12.8. The van der Waals surface area contributed by atoms with Gasteiger partial charge < -0.3 is 14.8 Å². The molecule has 1 N–H and O–H groups in total. The van der Waals surface area contributed by atoms with Crippen LogP contribution in [0.15, 0.2) is 0 Å². The third-order valence-corrected chi connectivity index (χ3v) is 4.35. The molecule has 0 saturated heterocycles. The number of rotatable bonds is 2. The highest BCUT2D eigenvalue weighted by Gasteiger charge is 2.43. The summed E-state index contributed by atoms with van der Waals surface area (Å²) in [5.74, 6) is 0.846. The highest BCUT2D eigenvalue weighted by atomic mass is 19.1. The van der Waals surface area contributed by atoms with E-state index in [0.29, 0.717) is 24.7 Å². The van der Waals surface area contributed by atoms with Gasteiger partial charge in [-0.2, -0.15) is 0 Å². The van der Waals surface area contributed by atoms with Gasteiger partial charge in [-0.1, -0.05) is 0 Å². The number of amides is 1. The lowest BCUT2D eigenvalue weighted by Gasteiger charge is -2.35. The van der Waals surface area contributed by atoms with Crippen molar-refractivity contribution in [2.45, 2.75) is 70.4 Å². The van der Waals surface area contributed by atoms with Crippen LogP contribution in [0.2, 0.25) is 0 Å². The second-order valence-electron chi connectivity index (χ2n) is 7.09. The number of carbonyl (C=O) groups excluding carboxylic acids is 1. The molecule has 0 radical (unpaired) electrons. The third kappa shape index (κ3) is 3.84. The summed E-state index contributed by atoms with van der Waals surface area (Å²) in [6.07, 6.45) is 1.86. The summed E-state index contributed by atoms with van der Waals surface area (Å²) >= 11 is 0. The molecule has 4 nitrogen and oxygen atoms in total. The van der Waals surface area contributed by atoms with Crippen LogP contribution in [0.3, 0.4) is 0 Å². The molecular formula is C15H26FNO3. The predicted molar refractivity (Wildman–Crippen MR) is 74.3 cm³/mol. The fourth-order valence-electron chi connectivity index (χ4n) is 3.46. The first-order chi connectivity index (χ1) is 9.28. The van der Waals surface area contributed by atoms with E-state index in [1.165, 1.54) is 0 Å². The molecule has 0 heterocycles. The largest absolute Gasteiger partial charge is 0.444 e. The first-order valence-electron chi connectivity index (χ1n) is 7.45. The van der Waals surface area contributed by atoms with Crippen LogP contribution < -0.4 is 5.32 Å². The Morgan fingerprint density at radius 2 is 1.75 bits per heavy atom. The average molecular weight is 287 g/mol. The van der Waals surface area contributed by atoms with Gasteiger partial charge in [0, 0.05) is 7.11 Å². The smallest absolute Gasteiger partial charge is 0.407 e. The van der Waals surface area contributed by atoms with Gasteiger partial charge in [0.15, 0.2) is 0 Å². The minimum atomic E-state index is -0.987. The normalized spacial score (nSPS) is 37.4. The molecule has 0 aromatic carbocycles. The van der Waals surface area contributed by atoms with Crippen LogP contribution in [0.5, 0.6) is 0 Å². The molecule has 1 unspecified atom stereocenters. The molecule has 0 spiro atoms. The second kappa shape index (κ2) is 5.88. The summed E-state index contributed by atoms with van der Waals surface area (Å²) in [5.41, 5.74) is -0.554. The van der Waals surface area contributed by atoms with E-state index in [1.807, 2.05) is 0 Å². The summed E-state index contributed by atoms with van der Waals surface area (Å²) in [6.45, 7) is 5.41. The number of methoxy groups -OCH3 is 1. The van der Waals surface area contributed by atoms with Crippen molar-refractivity contribution in [1.82, 2.24) is 5.32 Å². The van der Waals surface area contributed by atoms with E-state index in [0.717, 1.165) is 12.8 Å². The van der Waals surface area contributed by atoms with Crippen molar-refractivity contribution >= 4 is 6.09 Å². The predicted octanol–water partition coefficient (Wildman–Crippen LogP) is 3.05. The molecule has 2 aliphatic carbocycles. The molecule has 2 saturated carbocycles. The zero-order chi connectivity index (χ0) is 14.9. The van der Waals surface area contributed by atoms with Gasteiger partial charge in [-0.15, -0.1) is 0 Å². The Labute approximate surface area is 120 Å². The van der Waals surface area contributed by atoms with Crippen molar-refractivity contribution in [3.05, 3.63) is 0 Å². The Bertz CT molecular complexity index is 356. The topological polar surface area (TPSA) is 47.6 Å². The number of halogens is 1. The van der Waals surface area contributed by atoms with Gasteiger partial charge in [0.2, 0.25) is 0 Å². The van der Waals surface area contributed by atoms with Gasteiger partial charge in [-0.05, 0) is 58.3 Å². The van der Waals surface area contributed by atoms with E-state index in [1.54, 1.807) is 27.9 Å². The summed E-state index contributed by atoms with van der Waals surface area (Å²) in [6, 6.07) is -0.429. The number of hydrogen-bond acceptors (Lipinski definition) is 3. The lowest BCUT2D eigenvalue weighted by atomic mass is 9.78. The second-order valence-corrected chi connectivity index (χ2v) is 7.09. The van der Waals surface area contributed by atoms with E-state index in [4.69, 9.17) is 9.47 Å². The number of nitrogens with one attached hydrogen (secondary N) is 1. The van der Waals surface area contributed by atoms with Crippen LogP contribution in [-0.2, 0) is 9.47 Å². The Morgan fingerprint density at radius 1 is 1.15 bits per heavy atom. The number of hydrogen-bond donors (Lipinski definition) is 1. The van der Waals surface area contributed by atoms with E-state index >= 15 is 0 Å². The maximum absolute atomic E-state index is 14.2. The van der Waals surface area contributed by atoms with Gasteiger partial charge in [0.05, 0.1) is 12.1 Å². The monoisotopic (exact) mass is 287 g/mol. The number of ether oxygens (including phenoxy) is 2. The van der Waals surface area contributed by atoms with E-state index < -0.39 is 23.9 Å². The maximum atomic E-state index is 14.2. The molecule has 2 fully saturated rings. The van der Waals surface area contributed by atoms with Gasteiger partial charge >= 0.3 is 6.09 Å². The Hall–Kier alpha value is -0.840. The Balaban J connectivity index is 1.89. The SMILES string of the molecule is CO[C@H]1CC2C[C@@H](F)[C@@H](NC(=O)OC(C)(C)C)C[C@H]2C1.